The van der Waals surface area contributed by atoms with Crippen LogP contribution < -0.4 is 5.73 Å². The van der Waals surface area contributed by atoms with Crippen molar-refractivity contribution >= 4 is 16.6 Å². The van der Waals surface area contributed by atoms with Crippen LogP contribution in [-0.2, 0) is 10.8 Å². The Balaban J connectivity index is 2.40. The van der Waals surface area contributed by atoms with Gasteiger partial charge in [0.1, 0.15) is 16.6 Å². The molecule has 7 heteroatoms. The maximum atomic E-state index is 13.0. The number of halogens is 2. The van der Waals surface area contributed by atoms with Crippen molar-refractivity contribution < 1.29 is 13.0 Å². The molecule has 0 aliphatic rings. The molecule has 2 rings (SSSR count). The number of aromatic nitrogens is 2. The molecule has 1 unspecified atom stereocenters. The van der Waals surface area contributed by atoms with Crippen molar-refractivity contribution in [2.24, 2.45) is 0 Å². The number of benzene rings is 1. The predicted molar refractivity (Wildman–Crippen MR) is 57.5 cm³/mol. The van der Waals surface area contributed by atoms with Crippen molar-refractivity contribution in [3.05, 3.63) is 42.2 Å². The molecule has 0 saturated heterocycles. The summed E-state index contributed by atoms with van der Waals surface area (Å²) < 4.78 is 37.6. The minimum Gasteiger partial charge on any atom is -0.382 e. The molecule has 2 N–H and O–H groups in total. The highest BCUT2D eigenvalue weighted by Gasteiger charge is 2.12. The normalized spacial score (nSPS) is 12.4. The molecule has 1 atom stereocenters. The fraction of sp³-hybridized carbons (Fsp3) is 0. The van der Waals surface area contributed by atoms with Gasteiger partial charge in [-0.1, -0.05) is 0 Å². The molecular formula is C10H7F2N3OS. The van der Waals surface area contributed by atoms with Gasteiger partial charge in [-0.05, 0) is 18.2 Å². The molecule has 0 fully saturated rings. The lowest BCUT2D eigenvalue weighted by Crippen LogP contribution is -2.01. The van der Waals surface area contributed by atoms with Crippen LogP contribution in [0.15, 0.2) is 40.5 Å². The zero-order valence-corrected chi connectivity index (χ0v) is 9.25. The Bertz CT molecular complexity index is 592. The lowest BCUT2D eigenvalue weighted by Gasteiger charge is -2.02. The summed E-state index contributed by atoms with van der Waals surface area (Å²) in [5.74, 6) is -1.95. The van der Waals surface area contributed by atoms with E-state index in [4.69, 9.17) is 5.73 Å². The molecule has 1 aromatic carbocycles. The van der Waals surface area contributed by atoms with Gasteiger partial charge >= 0.3 is 0 Å². The summed E-state index contributed by atoms with van der Waals surface area (Å²) >= 11 is 0. The van der Waals surface area contributed by atoms with Crippen LogP contribution in [0.5, 0.6) is 0 Å². The number of hydrogen-bond donors (Lipinski definition) is 1. The SMILES string of the molecule is Nc1cncc(S(=O)c2ccc(F)c(F)c2)n1. The van der Waals surface area contributed by atoms with E-state index in [1.165, 1.54) is 18.5 Å². The number of nitrogens with zero attached hydrogens (tertiary/aromatic N) is 2. The van der Waals surface area contributed by atoms with Gasteiger partial charge in [0.25, 0.3) is 0 Å². The Kier molecular flexibility index (Phi) is 3.10. The fourth-order valence-corrected chi connectivity index (χ4v) is 2.15. The van der Waals surface area contributed by atoms with Gasteiger partial charge in [-0.2, -0.15) is 0 Å². The standard InChI is InChI=1S/C10H7F2N3OS/c11-7-2-1-6(3-8(7)12)17(16)10-5-14-4-9(13)15-10/h1-5H,(H2,13,15). The summed E-state index contributed by atoms with van der Waals surface area (Å²) in [6.07, 6.45) is 2.56. The molecule has 0 aliphatic carbocycles. The molecular weight excluding hydrogens is 248 g/mol. The summed E-state index contributed by atoms with van der Waals surface area (Å²) in [6, 6.07) is 2.98. The number of anilines is 1. The highest BCUT2D eigenvalue weighted by atomic mass is 32.2. The van der Waals surface area contributed by atoms with Gasteiger partial charge in [-0.3, -0.25) is 4.98 Å². The van der Waals surface area contributed by atoms with Gasteiger partial charge in [0.05, 0.1) is 12.4 Å². The molecule has 0 radical (unpaired) electrons. The van der Waals surface area contributed by atoms with Crippen molar-refractivity contribution in [1.29, 1.82) is 0 Å². The molecule has 0 saturated carbocycles. The van der Waals surface area contributed by atoms with Gasteiger partial charge in [0.15, 0.2) is 16.7 Å². The van der Waals surface area contributed by atoms with Gasteiger partial charge in [0.2, 0.25) is 0 Å². The van der Waals surface area contributed by atoms with Crippen LogP contribution in [0, 0.1) is 11.6 Å². The van der Waals surface area contributed by atoms with Crippen LogP contribution in [0.4, 0.5) is 14.6 Å². The summed E-state index contributed by atoms with van der Waals surface area (Å²) in [7, 11) is -1.74. The van der Waals surface area contributed by atoms with Crippen LogP contribution in [0.3, 0.4) is 0 Å². The van der Waals surface area contributed by atoms with Crippen LogP contribution in [0.1, 0.15) is 0 Å². The molecule has 17 heavy (non-hydrogen) atoms. The van der Waals surface area contributed by atoms with Gasteiger partial charge < -0.3 is 5.73 Å². The Morgan fingerprint density at radius 1 is 1.18 bits per heavy atom. The van der Waals surface area contributed by atoms with E-state index in [1.807, 2.05) is 0 Å². The molecule has 1 heterocycles. The molecule has 2 aromatic rings. The van der Waals surface area contributed by atoms with E-state index < -0.39 is 22.4 Å². The first kappa shape index (κ1) is 11.6. The van der Waals surface area contributed by atoms with Crippen molar-refractivity contribution in [3.63, 3.8) is 0 Å². The monoisotopic (exact) mass is 255 g/mol. The first-order chi connectivity index (χ1) is 8.08. The summed E-state index contributed by atoms with van der Waals surface area (Å²) in [6.45, 7) is 0. The molecule has 88 valence electrons. The number of nitrogens with two attached hydrogens (primary N) is 1. The number of nitrogen functional groups attached to an aromatic ring is 1. The number of hydrogen-bond acceptors (Lipinski definition) is 4. The molecule has 4 nitrogen and oxygen atoms in total. The van der Waals surface area contributed by atoms with Crippen molar-refractivity contribution in [1.82, 2.24) is 9.97 Å². The van der Waals surface area contributed by atoms with E-state index in [2.05, 4.69) is 9.97 Å². The largest absolute Gasteiger partial charge is 0.382 e. The van der Waals surface area contributed by atoms with E-state index in [9.17, 15) is 13.0 Å². The maximum Gasteiger partial charge on any atom is 0.160 e. The first-order valence-corrected chi connectivity index (χ1v) is 5.67. The first-order valence-electron chi connectivity index (χ1n) is 4.52. The third-order valence-electron chi connectivity index (χ3n) is 1.93. The van der Waals surface area contributed by atoms with E-state index >= 15 is 0 Å². The molecule has 0 bridgehead atoms. The van der Waals surface area contributed by atoms with Gasteiger partial charge in [-0.15, -0.1) is 0 Å². The minimum atomic E-state index is -1.74. The fourth-order valence-electron chi connectivity index (χ4n) is 1.16. The second-order valence-corrected chi connectivity index (χ2v) is 4.55. The summed E-state index contributed by atoms with van der Waals surface area (Å²) in [5.41, 5.74) is 5.39. The molecule has 0 spiro atoms. The molecule has 0 amide bonds. The highest BCUT2D eigenvalue weighted by molar-refractivity contribution is 7.85. The van der Waals surface area contributed by atoms with Gasteiger partial charge in [-0.25, -0.2) is 18.0 Å². The van der Waals surface area contributed by atoms with E-state index in [0.29, 0.717) is 0 Å². The average molecular weight is 255 g/mol. The summed E-state index contributed by atoms with van der Waals surface area (Å²) in [5, 5.41) is 0.0935. The quantitative estimate of drug-likeness (QED) is 0.883. The van der Waals surface area contributed by atoms with E-state index in [0.717, 1.165) is 12.1 Å². The smallest absolute Gasteiger partial charge is 0.160 e. The Hall–Kier alpha value is -1.89. The zero-order valence-electron chi connectivity index (χ0n) is 8.43. The zero-order chi connectivity index (χ0) is 12.4. The van der Waals surface area contributed by atoms with Crippen LogP contribution in [-0.4, -0.2) is 14.2 Å². The van der Waals surface area contributed by atoms with E-state index in [-0.39, 0.29) is 15.7 Å². The molecule has 0 aliphatic heterocycles. The Morgan fingerprint density at radius 3 is 2.59 bits per heavy atom. The van der Waals surface area contributed by atoms with Crippen LogP contribution in [0.2, 0.25) is 0 Å². The Labute approximate surface area is 98.0 Å². The lowest BCUT2D eigenvalue weighted by molar-refractivity contribution is 0.505. The second kappa shape index (κ2) is 4.54. The van der Waals surface area contributed by atoms with E-state index in [1.54, 1.807) is 0 Å². The number of rotatable bonds is 2. The minimum absolute atomic E-state index is 0.0935. The molecule has 1 aromatic heterocycles. The average Bonchev–Trinajstić information content (AvgIpc) is 2.32. The third kappa shape index (κ3) is 2.44. The van der Waals surface area contributed by atoms with Crippen LogP contribution in [0.25, 0.3) is 0 Å². The van der Waals surface area contributed by atoms with Crippen molar-refractivity contribution in [2.75, 3.05) is 5.73 Å². The Morgan fingerprint density at radius 2 is 1.94 bits per heavy atom. The predicted octanol–water partition coefficient (Wildman–Crippen LogP) is 1.50. The van der Waals surface area contributed by atoms with Crippen LogP contribution >= 0.6 is 0 Å². The van der Waals surface area contributed by atoms with Crippen molar-refractivity contribution in [3.8, 4) is 0 Å². The summed E-state index contributed by atoms with van der Waals surface area (Å²) in [4.78, 5) is 7.62. The highest BCUT2D eigenvalue weighted by Crippen LogP contribution is 2.17. The third-order valence-corrected chi connectivity index (χ3v) is 3.18. The maximum absolute atomic E-state index is 13.0. The second-order valence-electron chi connectivity index (χ2n) is 3.13. The lowest BCUT2D eigenvalue weighted by atomic mass is 10.3. The van der Waals surface area contributed by atoms with Crippen molar-refractivity contribution in [2.45, 2.75) is 9.92 Å². The van der Waals surface area contributed by atoms with Gasteiger partial charge in [0, 0.05) is 4.90 Å². The topological polar surface area (TPSA) is 68.9 Å².